The molecule has 2 aromatic heterocycles. The average molecular weight is 183 g/mol. The van der Waals surface area contributed by atoms with Crippen molar-refractivity contribution in [2.24, 2.45) is 0 Å². The molecule has 2 rings (SSSR count). The molecule has 56 valence electrons. The van der Waals surface area contributed by atoms with E-state index in [1.165, 1.54) is 0 Å². The molecule has 0 aliphatic rings. The number of rotatable bonds is 1. The number of nitrogens with two attached hydrogens (primary N) is 1. The molecule has 0 aliphatic heterocycles. The second-order valence-electron chi connectivity index (χ2n) is 2.16. The Balaban J connectivity index is 2.90. The van der Waals surface area contributed by atoms with E-state index in [1.54, 1.807) is 22.7 Å². The first kappa shape index (κ1) is 6.82. The van der Waals surface area contributed by atoms with Crippen LogP contribution in [-0.2, 0) is 0 Å². The summed E-state index contributed by atoms with van der Waals surface area (Å²) in [5, 5.41) is 4.63. The summed E-state index contributed by atoms with van der Waals surface area (Å²) in [5.41, 5.74) is 7.08. The maximum Gasteiger partial charge on any atom is 0.151 e. The molecule has 0 aliphatic carbocycles. The van der Waals surface area contributed by atoms with Crippen LogP contribution >= 0.6 is 22.7 Å². The Morgan fingerprint density at radius 2 is 2.09 bits per heavy atom. The average Bonchev–Trinajstić information content (AvgIpc) is 2.54. The quantitative estimate of drug-likeness (QED) is 0.690. The van der Waals surface area contributed by atoms with Gasteiger partial charge in [0.15, 0.2) is 6.29 Å². The summed E-state index contributed by atoms with van der Waals surface area (Å²) >= 11 is 3.15. The van der Waals surface area contributed by atoms with Crippen molar-refractivity contribution in [3.63, 3.8) is 0 Å². The minimum Gasteiger partial charge on any atom is -0.398 e. The largest absolute Gasteiger partial charge is 0.398 e. The lowest BCUT2D eigenvalue weighted by atomic mass is 10.2. The summed E-state index contributed by atoms with van der Waals surface area (Å²) in [6.45, 7) is 0. The Kier molecular flexibility index (Phi) is 1.44. The van der Waals surface area contributed by atoms with Crippen molar-refractivity contribution in [2.45, 2.75) is 0 Å². The van der Waals surface area contributed by atoms with Crippen LogP contribution in [0.25, 0.3) is 9.40 Å². The molecule has 0 spiro atoms. The first-order chi connectivity index (χ1) is 5.33. The maximum atomic E-state index is 10.5. The summed E-state index contributed by atoms with van der Waals surface area (Å²) in [4.78, 5) is 10.5. The fourth-order valence-corrected chi connectivity index (χ4v) is 2.96. The van der Waals surface area contributed by atoms with Gasteiger partial charge in [-0.2, -0.15) is 0 Å². The first-order valence-electron chi connectivity index (χ1n) is 3.02. The Labute approximate surface area is 71.3 Å². The van der Waals surface area contributed by atoms with Gasteiger partial charge < -0.3 is 5.73 Å². The lowest BCUT2D eigenvalue weighted by Gasteiger charge is -1.84. The fourth-order valence-electron chi connectivity index (χ4n) is 0.987. The predicted molar refractivity (Wildman–Crippen MR) is 49.5 cm³/mol. The Morgan fingerprint density at radius 1 is 1.36 bits per heavy atom. The van der Waals surface area contributed by atoms with Crippen molar-refractivity contribution in [1.82, 2.24) is 0 Å². The third kappa shape index (κ3) is 0.868. The molecule has 2 N–H and O–H groups in total. The number of hydrogen-bond acceptors (Lipinski definition) is 4. The number of anilines is 1. The van der Waals surface area contributed by atoms with Crippen LogP contribution in [0.2, 0.25) is 0 Å². The van der Waals surface area contributed by atoms with Crippen molar-refractivity contribution >= 4 is 44.0 Å². The lowest BCUT2D eigenvalue weighted by Crippen LogP contribution is -1.82. The molecule has 0 fully saturated rings. The molecule has 0 atom stereocenters. The molecular formula is C7H5NOS2. The zero-order valence-corrected chi connectivity index (χ0v) is 7.17. The highest BCUT2D eigenvalue weighted by Crippen LogP contribution is 2.35. The van der Waals surface area contributed by atoms with Crippen LogP contribution in [0.15, 0.2) is 10.8 Å². The molecule has 0 saturated heterocycles. The second-order valence-corrected chi connectivity index (χ2v) is 4.18. The fraction of sp³-hybridized carbons (Fsp3) is 0. The van der Waals surface area contributed by atoms with Gasteiger partial charge in [-0.3, -0.25) is 4.79 Å². The van der Waals surface area contributed by atoms with Crippen LogP contribution in [-0.4, -0.2) is 6.29 Å². The molecule has 0 bridgehead atoms. The molecule has 2 aromatic rings. The molecule has 0 radical (unpaired) electrons. The van der Waals surface area contributed by atoms with E-state index >= 15 is 0 Å². The summed E-state index contributed by atoms with van der Waals surface area (Å²) in [6.07, 6.45) is 0.849. The number of aldehydes is 1. The first-order valence-corrected chi connectivity index (χ1v) is 4.78. The second kappa shape index (κ2) is 2.32. The number of hydrogen-bond donors (Lipinski definition) is 1. The Hall–Kier alpha value is -0.870. The van der Waals surface area contributed by atoms with Crippen molar-refractivity contribution in [3.05, 3.63) is 16.3 Å². The van der Waals surface area contributed by atoms with Gasteiger partial charge >= 0.3 is 0 Å². The number of thiophene rings is 2. The van der Waals surface area contributed by atoms with E-state index in [9.17, 15) is 4.79 Å². The highest BCUT2D eigenvalue weighted by atomic mass is 32.2. The molecule has 0 aromatic carbocycles. The van der Waals surface area contributed by atoms with Crippen molar-refractivity contribution in [3.8, 4) is 0 Å². The number of carbonyl (C=O) groups is 1. The highest BCUT2D eigenvalue weighted by Gasteiger charge is 2.07. The normalized spacial score (nSPS) is 10.5. The Bertz CT molecular complexity index is 401. The summed E-state index contributed by atoms with van der Waals surface area (Å²) < 4.78 is 1.13. The van der Waals surface area contributed by atoms with Crippen LogP contribution in [0, 0.1) is 0 Å². The van der Waals surface area contributed by atoms with Gasteiger partial charge in [0.25, 0.3) is 0 Å². The SMILES string of the molecule is Nc1csc2scc(C=O)c12. The standard InChI is InChI=1S/C7H5NOS2/c8-5-3-11-7-6(5)4(1-9)2-10-7/h1-3H,8H2. The van der Waals surface area contributed by atoms with Gasteiger partial charge in [-0.1, -0.05) is 0 Å². The van der Waals surface area contributed by atoms with Gasteiger partial charge in [-0.05, 0) is 0 Å². The molecule has 0 saturated carbocycles. The number of carbonyl (C=O) groups excluding carboxylic acids is 1. The van der Waals surface area contributed by atoms with Gasteiger partial charge in [0.1, 0.15) is 0 Å². The van der Waals surface area contributed by atoms with Crippen LogP contribution < -0.4 is 5.73 Å². The molecule has 4 heteroatoms. The van der Waals surface area contributed by atoms with Crippen LogP contribution in [0.1, 0.15) is 10.4 Å². The monoisotopic (exact) mass is 183 g/mol. The van der Waals surface area contributed by atoms with E-state index in [2.05, 4.69) is 0 Å². The molecule has 2 nitrogen and oxygen atoms in total. The third-order valence-corrected chi connectivity index (χ3v) is 3.65. The summed E-state index contributed by atoms with van der Waals surface area (Å²) in [6, 6.07) is 0. The molecule has 11 heavy (non-hydrogen) atoms. The van der Waals surface area contributed by atoms with E-state index in [-0.39, 0.29) is 0 Å². The van der Waals surface area contributed by atoms with E-state index in [4.69, 9.17) is 5.73 Å². The molecule has 0 amide bonds. The minimum absolute atomic E-state index is 0.712. The smallest absolute Gasteiger partial charge is 0.151 e. The lowest BCUT2D eigenvalue weighted by molar-refractivity contribution is 0.112. The van der Waals surface area contributed by atoms with Crippen molar-refractivity contribution in [2.75, 3.05) is 5.73 Å². The van der Waals surface area contributed by atoms with E-state index < -0.39 is 0 Å². The van der Waals surface area contributed by atoms with Crippen LogP contribution in [0.5, 0.6) is 0 Å². The number of nitrogen functional groups attached to an aromatic ring is 1. The van der Waals surface area contributed by atoms with Gasteiger partial charge in [0.05, 0.1) is 9.70 Å². The van der Waals surface area contributed by atoms with Crippen molar-refractivity contribution in [1.29, 1.82) is 0 Å². The van der Waals surface area contributed by atoms with Gasteiger partial charge in [0, 0.05) is 21.7 Å². The molecular weight excluding hydrogens is 178 g/mol. The van der Waals surface area contributed by atoms with Crippen LogP contribution in [0.3, 0.4) is 0 Å². The molecule has 2 heterocycles. The summed E-state index contributed by atoms with van der Waals surface area (Å²) in [7, 11) is 0. The van der Waals surface area contributed by atoms with Gasteiger partial charge in [-0.25, -0.2) is 0 Å². The maximum absolute atomic E-state index is 10.5. The minimum atomic E-state index is 0.712. The van der Waals surface area contributed by atoms with E-state index in [0.29, 0.717) is 11.3 Å². The van der Waals surface area contributed by atoms with E-state index in [1.807, 2.05) is 10.8 Å². The van der Waals surface area contributed by atoms with Crippen LogP contribution in [0.4, 0.5) is 5.69 Å². The zero-order valence-electron chi connectivity index (χ0n) is 5.53. The summed E-state index contributed by atoms with van der Waals surface area (Å²) in [5.74, 6) is 0. The highest BCUT2D eigenvalue weighted by molar-refractivity contribution is 7.37. The third-order valence-electron chi connectivity index (χ3n) is 1.49. The van der Waals surface area contributed by atoms with Crippen molar-refractivity contribution < 1.29 is 4.79 Å². The topological polar surface area (TPSA) is 43.1 Å². The van der Waals surface area contributed by atoms with Gasteiger partial charge in [-0.15, -0.1) is 22.7 Å². The molecule has 0 unspecified atom stereocenters. The Morgan fingerprint density at radius 3 is 2.82 bits per heavy atom. The number of fused-ring (bicyclic) bond motifs is 1. The zero-order chi connectivity index (χ0) is 7.84. The predicted octanol–water partition coefficient (Wildman–Crippen LogP) is 2.36. The van der Waals surface area contributed by atoms with E-state index in [0.717, 1.165) is 15.7 Å². The van der Waals surface area contributed by atoms with Gasteiger partial charge in [0.2, 0.25) is 0 Å².